The standard InChI is InChI=1S/C14H15ClF3N9S/c1-25(2)5-6-26-13(20-22-23-26)28-8-12-19-21-24-27(12)11-4-3-9(15)7-10(11)14(16,17)18/h3-4,7H,5-6,8H2,1-2H3. The normalized spacial score (nSPS) is 12.1. The molecule has 0 saturated heterocycles. The van der Waals surface area contributed by atoms with Crippen LogP contribution in [0.3, 0.4) is 0 Å². The Morgan fingerprint density at radius 2 is 1.89 bits per heavy atom. The van der Waals surface area contributed by atoms with E-state index < -0.39 is 11.7 Å². The zero-order valence-corrected chi connectivity index (χ0v) is 16.4. The number of hydrogen-bond acceptors (Lipinski definition) is 8. The van der Waals surface area contributed by atoms with Gasteiger partial charge in [-0.15, -0.1) is 10.2 Å². The molecule has 0 spiro atoms. The topological polar surface area (TPSA) is 90.4 Å². The Kier molecular flexibility index (Phi) is 6.15. The third-order valence-electron chi connectivity index (χ3n) is 3.61. The molecule has 0 saturated carbocycles. The van der Waals surface area contributed by atoms with Gasteiger partial charge in [-0.2, -0.15) is 17.9 Å². The van der Waals surface area contributed by atoms with E-state index in [-0.39, 0.29) is 22.3 Å². The first-order chi connectivity index (χ1) is 13.3. The van der Waals surface area contributed by atoms with E-state index in [2.05, 4.69) is 31.1 Å². The van der Waals surface area contributed by atoms with Gasteiger partial charge in [-0.05, 0) is 53.1 Å². The first-order valence-electron chi connectivity index (χ1n) is 7.94. The average molecular weight is 434 g/mol. The largest absolute Gasteiger partial charge is 0.418 e. The molecule has 2 aromatic heterocycles. The molecule has 0 bridgehead atoms. The van der Waals surface area contributed by atoms with Crippen molar-refractivity contribution in [3.63, 3.8) is 0 Å². The highest BCUT2D eigenvalue weighted by atomic mass is 35.5. The molecule has 1 aromatic carbocycles. The van der Waals surface area contributed by atoms with E-state index in [1.807, 2.05) is 19.0 Å². The van der Waals surface area contributed by atoms with Crippen LogP contribution in [-0.4, -0.2) is 66.0 Å². The second-order valence-electron chi connectivity index (χ2n) is 5.94. The summed E-state index contributed by atoms with van der Waals surface area (Å²) in [5.41, 5.74) is -1.13. The van der Waals surface area contributed by atoms with Crippen molar-refractivity contribution >= 4 is 23.4 Å². The maximum absolute atomic E-state index is 13.4. The lowest BCUT2D eigenvalue weighted by molar-refractivity contribution is -0.137. The fourth-order valence-corrected chi connectivity index (χ4v) is 3.25. The van der Waals surface area contributed by atoms with Gasteiger partial charge in [-0.25, -0.2) is 4.68 Å². The first-order valence-corrected chi connectivity index (χ1v) is 9.30. The summed E-state index contributed by atoms with van der Waals surface area (Å²) >= 11 is 6.95. The first kappa shape index (κ1) is 20.5. The van der Waals surface area contributed by atoms with Gasteiger partial charge in [0, 0.05) is 11.6 Å². The number of rotatable bonds is 7. The van der Waals surface area contributed by atoms with E-state index >= 15 is 0 Å². The highest BCUT2D eigenvalue weighted by Gasteiger charge is 2.35. The molecule has 0 aliphatic rings. The molecule has 2 heterocycles. The van der Waals surface area contributed by atoms with Crippen LogP contribution in [0.15, 0.2) is 23.4 Å². The van der Waals surface area contributed by atoms with Crippen LogP contribution < -0.4 is 0 Å². The average Bonchev–Trinajstić information content (AvgIpc) is 3.26. The Hall–Kier alpha value is -2.25. The molecule has 0 atom stereocenters. The predicted octanol–water partition coefficient (Wildman–Crippen LogP) is 2.17. The van der Waals surface area contributed by atoms with Crippen LogP contribution in [0.5, 0.6) is 0 Å². The molecular weight excluding hydrogens is 419 g/mol. The van der Waals surface area contributed by atoms with Crippen molar-refractivity contribution in [3.8, 4) is 5.69 Å². The fraction of sp³-hybridized carbons (Fsp3) is 0.429. The maximum atomic E-state index is 13.4. The van der Waals surface area contributed by atoms with Crippen molar-refractivity contribution in [1.82, 2.24) is 45.3 Å². The number of thioether (sulfide) groups is 1. The Labute approximate surface area is 166 Å². The van der Waals surface area contributed by atoms with Crippen molar-refractivity contribution < 1.29 is 13.2 Å². The fourth-order valence-electron chi connectivity index (χ4n) is 2.27. The van der Waals surface area contributed by atoms with Crippen LogP contribution in [0.2, 0.25) is 5.02 Å². The van der Waals surface area contributed by atoms with Crippen LogP contribution >= 0.6 is 23.4 Å². The summed E-state index contributed by atoms with van der Waals surface area (Å²) in [5.74, 6) is 0.398. The molecule has 0 N–H and O–H groups in total. The van der Waals surface area contributed by atoms with Crippen molar-refractivity contribution in [2.24, 2.45) is 0 Å². The summed E-state index contributed by atoms with van der Waals surface area (Å²) in [6.07, 6.45) is -4.60. The van der Waals surface area contributed by atoms with Crippen molar-refractivity contribution in [2.45, 2.75) is 23.6 Å². The molecule has 9 nitrogen and oxygen atoms in total. The van der Waals surface area contributed by atoms with E-state index in [1.54, 1.807) is 4.68 Å². The second-order valence-corrected chi connectivity index (χ2v) is 7.32. The summed E-state index contributed by atoms with van der Waals surface area (Å²) in [7, 11) is 3.85. The molecule has 0 aliphatic heterocycles. The molecule has 0 radical (unpaired) electrons. The van der Waals surface area contributed by atoms with E-state index in [1.165, 1.54) is 23.9 Å². The highest BCUT2D eigenvalue weighted by Crippen LogP contribution is 2.35. The molecule has 0 fully saturated rings. The summed E-state index contributed by atoms with van der Waals surface area (Å²) in [6.45, 7) is 1.30. The summed E-state index contributed by atoms with van der Waals surface area (Å²) in [5, 5.41) is 23.0. The molecule has 0 unspecified atom stereocenters. The van der Waals surface area contributed by atoms with Crippen LogP contribution in [0.1, 0.15) is 11.4 Å². The summed E-state index contributed by atoms with van der Waals surface area (Å²) in [4.78, 5) is 1.98. The van der Waals surface area contributed by atoms with Crippen LogP contribution in [-0.2, 0) is 18.5 Å². The van der Waals surface area contributed by atoms with E-state index in [4.69, 9.17) is 11.6 Å². The lowest BCUT2D eigenvalue weighted by Gasteiger charge is -2.13. The van der Waals surface area contributed by atoms with E-state index in [0.29, 0.717) is 11.7 Å². The van der Waals surface area contributed by atoms with Gasteiger partial charge in [0.1, 0.15) is 0 Å². The number of tetrazole rings is 2. The smallest absolute Gasteiger partial charge is 0.308 e. The van der Waals surface area contributed by atoms with Crippen molar-refractivity contribution in [1.29, 1.82) is 0 Å². The summed E-state index contributed by atoms with van der Waals surface area (Å²) in [6, 6.07) is 3.43. The number of likely N-dealkylation sites (N-methyl/N-ethyl adjacent to an activating group) is 1. The third kappa shape index (κ3) is 4.77. The van der Waals surface area contributed by atoms with Gasteiger partial charge < -0.3 is 4.90 Å². The molecule has 0 aliphatic carbocycles. The van der Waals surface area contributed by atoms with E-state index in [0.717, 1.165) is 17.3 Å². The molecule has 150 valence electrons. The van der Waals surface area contributed by atoms with Gasteiger partial charge in [-0.3, -0.25) is 0 Å². The molecule has 28 heavy (non-hydrogen) atoms. The number of nitrogens with zero attached hydrogens (tertiary/aromatic N) is 9. The highest BCUT2D eigenvalue weighted by molar-refractivity contribution is 7.98. The Bertz CT molecular complexity index is 940. The molecular formula is C14H15ClF3N9S. The van der Waals surface area contributed by atoms with Gasteiger partial charge in [0.05, 0.1) is 23.5 Å². The Morgan fingerprint density at radius 1 is 1.14 bits per heavy atom. The van der Waals surface area contributed by atoms with Crippen LogP contribution in [0.25, 0.3) is 5.69 Å². The third-order valence-corrected chi connectivity index (χ3v) is 4.80. The molecule has 14 heteroatoms. The number of aromatic nitrogens is 8. The van der Waals surface area contributed by atoms with Crippen molar-refractivity contribution in [2.75, 3.05) is 20.6 Å². The van der Waals surface area contributed by atoms with Crippen LogP contribution in [0, 0.1) is 0 Å². The number of benzene rings is 1. The Morgan fingerprint density at radius 3 is 2.61 bits per heavy atom. The van der Waals surface area contributed by atoms with Gasteiger partial charge >= 0.3 is 6.18 Å². The van der Waals surface area contributed by atoms with Gasteiger partial charge in [-0.1, -0.05) is 23.4 Å². The monoisotopic (exact) mass is 433 g/mol. The molecule has 3 rings (SSSR count). The second kappa shape index (κ2) is 8.41. The minimum Gasteiger partial charge on any atom is -0.308 e. The SMILES string of the molecule is CN(C)CCn1nnnc1SCc1nnnn1-c1ccc(Cl)cc1C(F)(F)F. The summed E-state index contributed by atoms with van der Waals surface area (Å²) < 4.78 is 42.8. The quantitative estimate of drug-likeness (QED) is 0.524. The zero-order valence-electron chi connectivity index (χ0n) is 14.8. The number of halogens is 4. The van der Waals surface area contributed by atoms with Gasteiger partial charge in [0.2, 0.25) is 5.16 Å². The Balaban J connectivity index is 1.82. The molecule has 3 aromatic rings. The number of alkyl halides is 3. The van der Waals surface area contributed by atoms with E-state index in [9.17, 15) is 13.2 Å². The lowest BCUT2D eigenvalue weighted by atomic mass is 10.1. The predicted molar refractivity (Wildman–Crippen MR) is 95.1 cm³/mol. The van der Waals surface area contributed by atoms with Crippen molar-refractivity contribution in [3.05, 3.63) is 34.6 Å². The molecule has 0 amide bonds. The minimum atomic E-state index is -4.60. The zero-order chi connectivity index (χ0) is 20.3. The van der Waals surface area contributed by atoms with Gasteiger partial charge in [0.15, 0.2) is 5.82 Å². The lowest BCUT2D eigenvalue weighted by Crippen LogP contribution is -2.19. The van der Waals surface area contributed by atoms with Crippen LogP contribution in [0.4, 0.5) is 13.2 Å². The number of hydrogen-bond donors (Lipinski definition) is 0. The van der Waals surface area contributed by atoms with Gasteiger partial charge in [0.25, 0.3) is 0 Å². The maximum Gasteiger partial charge on any atom is 0.418 e. The minimum absolute atomic E-state index is 0.0276.